The van der Waals surface area contributed by atoms with Crippen LogP contribution >= 0.6 is 27.3 Å². The maximum Gasteiger partial charge on any atom is 0.0411 e. The highest BCUT2D eigenvalue weighted by Gasteiger charge is 2.02. The van der Waals surface area contributed by atoms with Gasteiger partial charge in [-0.1, -0.05) is 22.0 Å². The Kier molecular flexibility index (Phi) is 3.66. The Morgan fingerprint density at radius 3 is 2.69 bits per heavy atom. The van der Waals surface area contributed by atoms with E-state index < -0.39 is 0 Å². The van der Waals surface area contributed by atoms with Crippen molar-refractivity contribution in [3.8, 4) is 0 Å². The molecule has 2 rings (SSSR count). The van der Waals surface area contributed by atoms with Gasteiger partial charge in [0.1, 0.15) is 0 Å². The van der Waals surface area contributed by atoms with Crippen molar-refractivity contribution in [3.63, 3.8) is 0 Å². The topological polar surface area (TPSA) is 12.0 Å². The largest absolute Gasteiger partial charge is 0.381 e. The maximum atomic E-state index is 3.47. The number of aryl methyl sites for hydroxylation is 2. The molecule has 3 heteroatoms. The van der Waals surface area contributed by atoms with E-state index in [0.29, 0.717) is 0 Å². The van der Waals surface area contributed by atoms with Gasteiger partial charge >= 0.3 is 0 Å². The van der Waals surface area contributed by atoms with Crippen molar-refractivity contribution in [3.05, 3.63) is 50.1 Å². The molecule has 0 radical (unpaired) electrons. The van der Waals surface area contributed by atoms with Crippen LogP contribution in [0.1, 0.15) is 15.3 Å². The molecule has 0 aliphatic heterocycles. The van der Waals surface area contributed by atoms with E-state index in [1.165, 1.54) is 15.3 Å². The first-order chi connectivity index (χ1) is 7.65. The molecule has 1 heterocycles. The van der Waals surface area contributed by atoms with Crippen LogP contribution < -0.4 is 5.32 Å². The molecule has 0 bridgehead atoms. The summed E-state index contributed by atoms with van der Waals surface area (Å²) in [5, 5.41) is 3.43. The SMILES string of the molecule is Cc1cc(CNc2cccc(Br)c2)c(C)s1. The predicted octanol–water partition coefficient (Wildman–Crippen LogP) is 4.74. The smallest absolute Gasteiger partial charge is 0.0411 e. The third kappa shape index (κ3) is 2.86. The van der Waals surface area contributed by atoms with Gasteiger partial charge in [-0.3, -0.25) is 0 Å². The first kappa shape index (κ1) is 11.7. The molecule has 0 unspecified atom stereocenters. The Bertz CT molecular complexity index is 490. The van der Waals surface area contributed by atoms with Crippen LogP contribution in [0.2, 0.25) is 0 Å². The molecule has 1 aromatic carbocycles. The molecule has 1 aromatic heterocycles. The number of benzene rings is 1. The number of nitrogens with one attached hydrogen (secondary N) is 1. The van der Waals surface area contributed by atoms with E-state index in [0.717, 1.165) is 16.7 Å². The van der Waals surface area contributed by atoms with Gasteiger partial charge in [0, 0.05) is 26.5 Å². The van der Waals surface area contributed by atoms with Crippen LogP contribution in [-0.4, -0.2) is 0 Å². The summed E-state index contributed by atoms with van der Waals surface area (Å²) in [6, 6.07) is 10.5. The second-order valence-corrected chi connectivity index (χ2v) is 6.18. The van der Waals surface area contributed by atoms with Crippen molar-refractivity contribution >= 4 is 33.0 Å². The van der Waals surface area contributed by atoms with Crippen LogP contribution in [0, 0.1) is 13.8 Å². The summed E-state index contributed by atoms with van der Waals surface area (Å²) in [5.74, 6) is 0. The molecule has 0 aliphatic rings. The quantitative estimate of drug-likeness (QED) is 0.862. The van der Waals surface area contributed by atoms with Gasteiger partial charge in [-0.05, 0) is 43.7 Å². The van der Waals surface area contributed by atoms with Gasteiger partial charge in [0.25, 0.3) is 0 Å². The van der Waals surface area contributed by atoms with Gasteiger partial charge in [0.2, 0.25) is 0 Å². The van der Waals surface area contributed by atoms with Gasteiger partial charge in [-0.15, -0.1) is 11.3 Å². The highest BCUT2D eigenvalue weighted by atomic mass is 79.9. The van der Waals surface area contributed by atoms with Crippen LogP contribution in [0.25, 0.3) is 0 Å². The zero-order valence-corrected chi connectivity index (χ0v) is 11.8. The Morgan fingerprint density at radius 2 is 2.06 bits per heavy atom. The van der Waals surface area contributed by atoms with E-state index in [2.05, 4.69) is 53.3 Å². The lowest BCUT2D eigenvalue weighted by Crippen LogP contribution is -1.98. The molecular formula is C13H14BrNS. The zero-order chi connectivity index (χ0) is 11.5. The fourth-order valence-electron chi connectivity index (χ4n) is 1.65. The number of rotatable bonds is 3. The molecular weight excluding hydrogens is 282 g/mol. The van der Waals surface area contributed by atoms with Gasteiger partial charge < -0.3 is 5.32 Å². The van der Waals surface area contributed by atoms with Crippen LogP contribution in [0.4, 0.5) is 5.69 Å². The molecule has 0 aliphatic carbocycles. The summed E-state index contributed by atoms with van der Waals surface area (Å²) in [6.45, 7) is 5.22. The summed E-state index contributed by atoms with van der Waals surface area (Å²) in [4.78, 5) is 2.78. The third-order valence-corrected chi connectivity index (χ3v) is 3.95. The number of anilines is 1. The lowest BCUT2D eigenvalue weighted by atomic mass is 10.2. The predicted molar refractivity (Wildman–Crippen MR) is 75.3 cm³/mol. The van der Waals surface area contributed by atoms with Gasteiger partial charge in [-0.25, -0.2) is 0 Å². The molecule has 2 aromatic rings. The maximum absolute atomic E-state index is 3.47. The first-order valence-electron chi connectivity index (χ1n) is 5.20. The van der Waals surface area contributed by atoms with E-state index in [9.17, 15) is 0 Å². The summed E-state index contributed by atoms with van der Waals surface area (Å²) in [7, 11) is 0. The van der Waals surface area contributed by atoms with Gasteiger partial charge in [0.05, 0.1) is 0 Å². The standard InChI is InChI=1S/C13H14BrNS/c1-9-6-11(10(2)16-9)8-15-13-5-3-4-12(14)7-13/h3-7,15H,8H2,1-2H3. The Morgan fingerprint density at radius 1 is 1.25 bits per heavy atom. The molecule has 0 amide bonds. The van der Waals surface area contributed by atoms with Crippen LogP contribution in [0.5, 0.6) is 0 Å². The Balaban J connectivity index is 2.05. The van der Waals surface area contributed by atoms with E-state index >= 15 is 0 Å². The van der Waals surface area contributed by atoms with Crippen molar-refractivity contribution in [1.29, 1.82) is 0 Å². The third-order valence-electron chi connectivity index (χ3n) is 2.45. The second-order valence-electron chi connectivity index (χ2n) is 3.80. The summed E-state index contributed by atoms with van der Waals surface area (Å²) < 4.78 is 1.11. The van der Waals surface area contributed by atoms with Crippen molar-refractivity contribution in [2.75, 3.05) is 5.32 Å². The van der Waals surface area contributed by atoms with Crippen molar-refractivity contribution < 1.29 is 0 Å². The minimum absolute atomic E-state index is 0.895. The normalized spacial score (nSPS) is 10.4. The highest BCUT2D eigenvalue weighted by Crippen LogP contribution is 2.22. The van der Waals surface area contributed by atoms with Gasteiger partial charge in [0.15, 0.2) is 0 Å². The minimum atomic E-state index is 0.895. The zero-order valence-electron chi connectivity index (χ0n) is 9.38. The van der Waals surface area contributed by atoms with Crippen molar-refractivity contribution in [2.45, 2.75) is 20.4 Å². The van der Waals surface area contributed by atoms with Crippen molar-refractivity contribution in [2.24, 2.45) is 0 Å². The lowest BCUT2D eigenvalue weighted by Gasteiger charge is -2.06. The molecule has 0 atom stereocenters. The summed E-state index contributed by atoms with van der Waals surface area (Å²) >= 11 is 5.33. The van der Waals surface area contributed by atoms with Crippen LogP contribution in [0.3, 0.4) is 0 Å². The van der Waals surface area contributed by atoms with E-state index in [4.69, 9.17) is 0 Å². The highest BCUT2D eigenvalue weighted by molar-refractivity contribution is 9.10. The Hall–Kier alpha value is -0.800. The van der Waals surface area contributed by atoms with Crippen LogP contribution in [0.15, 0.2) is 34.8 Å². The molecule has 1 nitrogen and oxygen atoms in total. The fourth-order valence-corrected chi connectivity index (χ4v) is 3.00. The van der Waals surface area contributed by atoms with Crippen molar-refractivity contribution in [1.82, 2.24) is 0 Å². The monoisotopic (exact) mass is 295 g/mol. The average Bonchev–Trinajstić information content (AvgIpc) is 2.54. The molecule has 0 fully saturated rings. The van der Waals surface area contributed by atoms with Crippen LogP contribution in [-0.2, 0) is 6.54 Å². The summed E-state index contributed by atoms with van der Waals surface area (Å²) in [5.41, 5.74) is 2.54. The number of halogens is 1. The first-order valence-corrected chi connectivity index (χ1v) is 6.81. The molecule has 0 spiro atoms. The molecule has 16 heavy (non-hydrogen) atoms. The number of thiophene rings is 1. The van der Waals surface area contributed by atoms with E-state index in [-0.39, 0.29) is 0 Å². The molecule has 0 saturated carbocycles. The fraction of sp³-hybridized carbons (Fsp3) is 0.231. The number of hydrogen-bond acceptors (Lipinski definition) is 2. The average molecular weight is 296 g/mol. The van der Waals surface area contributed by atoms with E-state index in [1.807, 2.05) is 23.5 Å². The number of hydrogen-bond donors (Lipinski definition) is 1. The molecule has 1 N–H and O–H groups in total. The van der Waals surface area contributed by atoms with Gasteiger partial charge in [-0.2, -0.15) is 0 Å². The molecule has 0 saturated heterocycles. The van der Waals surface area contributed by atoms with E-state index in [1.54, 1.807) is 0 Å². The molecule has 84 valence electrons. The second kappa shape index (κ2) is 5.02. The minimum Gasteiger partial charge on any atom is -0.381 e. The summed E-state index contributed by atoms with van der Waals surface area (Å²) in [6.07, 6.45) is 0. The lowest BCUT2D eigenvalue weighted by molar-refractivity contribution is 1.14. The Labute approximate surface area is 109 Å².